The first-order valence-electron chi connectivity index (χ1n) is 6.62. The third kappa shape index (κ3) is 2.29. The molecule has 0 N–H and O–H groups in total. The Bertz CT molecular complexity index is 381. The highest BCUT2D eigenvalue weighted by Gasteiger charge is 2.40. The van der Waals surface area contributed by atoms with Crippen molar-refractivity contribution in [1.82, 2.24) is 10.2 Å². The quantitative estimate of drug-likeness (QED) is 0.783. The van der Waals surface area contributed by atoms with Gasteiger partial charge in [-0.15, -0.1) is 16.8 Å². The summed E-state index contributed by atoms with van der Waals surface area (Å²) in [6.07, 6.45) is 6.15. The molecule has 2 aliphatic rings. The summed E-state index contributed by atoms with van der Waals surface area (Å²) in [5, 5.41) is 9.20. The maximum absolute atomic E-state index is 5.99. The van der Waals surface area contributed by atoms with Crippen LogP contribution in [0.5, 0.6) is 0 Å². The Morgan fingerprint density at radius 1 is 1.44 bits per heavy atom. The number of ether oxygens (including phenoxy) is 1. The predicted octanol–water partition coefficient (Wildman–Crippen LogP) is 2.35. The summed E-state index contributed by atoms with van der Waals surface area (Å²) in [4.78, 5) is 2.39. The molecule has 2 fully saturated rings. The Morgan fingerprint density at radius 3 is 2.83 bits per heavy atom. The minimum Gasteiger partial charge on any atom is -0.373 e. The predicted molar refractivity (Wildman–Crippen MR) is 72.9 cm³/mol. The highest BCUT2D eigenvalue weighted by molar-refractivity contribution is 7.13. The van der Waals surface area contributed by atoms with Crippen molar-refractivity contribution >= 4 is 16.5 Å². The van der Waals surface area contributed by atoms with E-state index in [1.54, 1.807) is 11.3 Å². The van der Waals surface area contributed by atoms with Gasteiger partial charge >= 0.3 is 0 Å². The molecule has 18 heavy (non-hydrogen) atoms. The van der Waals surface area contributed by atoms with Crippen LogP contribution in [-0.4, -0.2) is 36.0 Å². The van der Waals surface area contributed by atoms with E-state index in [4.69, 9.17) is 4.74 Å². The first-order chi connectivity index (χ1) is 8.88. The van der Waals surface area contributed by atoms with E-state index in [0.717, 1.165) is 18.2 Å². The van der Waals surface area contributed by atoms with Gasteiger partial charge in [-0.2, -0.15) is 0 Å². The van der Waals surface area contributed by atoms with Crippen molar-refractivity contribution in [2.24, 2.45) is 11.8 Å². The fraction of sp³-hybridized carbons (Fsp3) is 0.692. The second-order valence-electron chi connectivity index (χ2n) is 5.16. The Balaban J connectivity index is 1.71. The van der Waals surface area contributed by atoms with Crippen molar-refractivity contribution in [3.05, 3.63) is 18.2 Å². The third-order valence-corrected chi connectivity index (χ3v) is 4.76. The molecule has 0 radical (unpaired) electrons. The van der Waals surface area contributed by atoms with Crippen molar-refractivity contribution in [2.45, 2.75) is 25.4 Å². The number of piperidine rings is 1. The molecule has 1 aliphatic heterocycles. The summed E-state index contributed by atoms with van der Waals surface area (Å²) in [6.45, 7) is 6.55. The van der Waals surface area contributed by atoms with Crippen LogP contribution in [0.1, 0.15) is 19.3 Å². The van der Waals surface area contributed by atoms with Crippen molar-refractivity contribution in [1.29, 1.82) is 0 Å². The van der Waals surface area contributed by atoms with E-state index in [1.807, 2.05) is 11.6 Å². The number of aromatic nitrogens is 2. The Morgan fingerprint density at radius 2 is 2.22 bits per heavy atom. The molecule has 0 spiro atoms. The van der Waals surface area contributed by atoms with E-state index in [-0.39, 0.29) is 0 Å². The first-order valence-corrected chi connectivity index (χ1v) is 7.50. The number of hydrogen-bond acceptors (Lipinski definition) is 5. The smallest absolute Gasteiger partial charge is 0.208 e. The first kappa shape index (κ1) is 12.1. The van der Waals surface area contributed by atoms with Gasteiger partial charge < -0.3 is 9.64 Å². The van der Waals surface area contributed by atoms with Crippen LogP contribution >= 0.6 is 11.3 Å². The second kappa shape index (κ2) is 5.36. The topological polar surface area (TPSA) is 38.2 Å². The fourth-order valence-corrected chi connectivity index (χ4v) is 3.88. The molecule has 3 rings (SSSR count). The number of rotatable bonds is 4. The molecule has 1 saturated heterocycles. The normalized spacial score (nSPS) is 31.3. The Hall–Kier alpha value is -0.940. The van der Waals surface area contributed by atoms with Crippen molar-refractivity contribution in [3.63, 3.8) is 0 Å². The van der Waals surface area contributed by atoms with Crippen molar-refractivity contribution < 1.29 is 4.74 Å². The molecule has 5 heteroatoms. The molecule has 4 nitrogen and oxygen atoms in total. The van der Waals surface area contributed by atoms with Crippen LogP contribution in [0.2, 0.25) is 0 Å². The monoisotopic (exact) mass is 265 g/mol. The van der Waals surface area contributed by atoms with Crippen molar-refractivity contribution in [3.8, 4) is 0 Å². The molecule has 1 saturated carbocycles. The van der Waals surface area contributed by atoms with Gasteiger partial charge in [0.15, 0.2) is 0 Å². The SMILES string of the molecule is C=CCOC1C2CCCC1CN(c1nncs1)C2. The molecule has 1 aromatic rings. The Kier molecular flexibility index (Phi) is 3.61. The van der Waals surface area contributed by atoms with E-state index in [2.05, 4.69) is 21.7 Å². The zero-order chi connectivity index (χ0) is 12.4. The van der Waals surface area contributed by atoms with Gasteiger partial charge in [0.25, 0.3) is 0 Å². The molecule has 98 valence electrons. The molecule has 1 aliphatic carbocycles. The number of fused-ring (bicyclic) bond motifs is 2. The standard InChI is InChI=1S/C13H19N3OS/c1-2-6-17-12-10-4-3-5-11(12)8-16(7-10)13-15-14-9-18-13/h2,9-12H,1,3-8H2. The second-order valence-corrected chi connectivity index (χ2v) is 5.98. The minimum atomic E-state index is 0.418. The molecule has 2 atom stereocenters. The number of nitrogens with zero attached hydrogens (tertiary/aromatic N) is 3. The maximum atomic E-state index is 5.99. The summed E-state index contributed by atoms with van der Waals surface area (Å²) in [6, 6.07) is 0. The van der Waals surface area contributed by atoms with Gasteiger partial charge in [0, 0.05) is 24.9 Å². The average molecular weight is 265 g/mol. The lowest BCUT2D eigenvalue weighted by atomic mass is 9.75. The van der Waals surface area contributed by atoms with E-state index in [9.17, 15) is 0 Å². The molecule has 0 amide bonds. The summed E-state index contributed by atoms with van der Waals surface area (Å²) >= 11 is 1.63. The molecular weight excluding hydrogens is 246 g/mol. The lowest BCUT2D eigenvalue weighted by Gasteiger charge is -2.46. The van der Waals surface area contributed by atoms with Gasteiger partial charge in [-0.25, -0.2) is 0 Å². The van der Waals surface area contributed by atoms with Crippen LogP contribution in [0.4, 0.5) is 5.13 Å². The summed E-state index contributed by atoms with van der Waals surface area (Å²) < 4.78 is 5.99. The largest absolute Gasteiger partial charge is 0.373 e. The van der Waals surface area contributed by atoms with Crippen LogP contribution in [0.3, 0.4) is 0 Å². The summed E-state index contributed by atoms with van der Waals surface area (Å²) in [5.41, 5.74) is 1.81. The van der Waals surface area contributed by atoms with E-state index < -0.39 is 0 Å². The molecule has 0 aromatic carbocycles. The summed E-state index contributed by atoms with van der Waals surface area (Å²) in [5.74, 6) is 1.28. The molecular formula is C13H19N3OS. The van der Waals surface area contributed by atoms with Gasteiger partial charge in [0.1, 0.15) is 5.51 Å². The van der Waals surface area contributed by atoms with Crippen LogP contribution in [0.25, 0.3) is 0 Å². The molecule has 1 aromatic heterocycles. The average Bonchev–Trinajstić information content (AvgIpc) is 2.89. The number of hydrogen-bond donors (Lipinski definition) is 0. The fourth-order valence-electron chi connectivity index (χ4n) is 3.30. The van der Waals surface area contributed by atoms with Crippen LogP contribution in [0, 0.1) is 11.8 Å². The van der Waals surface area contributed by atoms with Crippen LogP contribution in [-0.2, 0) is 4.74 Å². The maximum Gasteiger partial charge on any atom is 0.208 e. The van der Waals surface area contributed by atoms with Gasteiger partial charge in [-0.1, -0.05) is 23.8 Å². The van der Waals surface area contributed by atoms with E-state index >= 15 is 0 Å². The van der Waals surface area contributed by atoms with Crippen LogP contribution in [0.15, 0.2) is 18.2 Å². The van der Waals surface area contributed by atoms with E-state index in [1.165, 1.54) is 19.3 Å². The van der Waals surface area contributed by atoms with Gasteiger partial charge in [0.2, 0.25) is 5.13 Å². The highest BCUT2D eigenvalue weighted by atomic mass is 32.1. The highest BCUT2D eigenvalue weighted by Crippen LogP contribution is 2.38. The van der Waals surface area contributed by atoms with Gasteiger partial charge in [0.05, 0.1) is 12.7 Å². The minimum absolute atomic E-state index is 0.418. The van der Waals surface area contributed by atoms with Gasteiger partial charge in [-0.3, -0.25) is 0 Å². The Labute approximate surface area is 112 Å². The lowest BCUT2D eigenvalue weighted by Crippen LogP contribution is -2.52. The third-order valence-electron chi connectivity index (χ3n) is 4.01. The zero-order valence-electron chi connectivity index (χ0n) is 10.5. The lowest BCUT2D eigenvalue weighted by molar-refractivity contribution is -0.0446. The molecule has 2 heterocycles. The zero-order valence-corrected chi connectivity index (χ0v) is 11.3. The molecule has 2 unspecified atom stereocenters. The van der Waals surface area contributed by atoms with Crippen LogP contribution < -0.4 is 4.90 Å². The number of anilines is 1. The molecule has 2 bridgehead atoms. The summed E-state index contributed by atoms with van der Waals surface area (Å²) in [7, 11) is 0. The van der Waals surface area contributed by atoms with Gasteiger partial charge in [-0.05, 0) is 12.8 Å². The van der Waals surface area contributed by atoms with Crippen molar-refractivity contribution in [2.75, 3.05) is 24.6 Å². The van der Waals surface area contributed by atoms with E-state index in [0.29, 0.717) is 24.5 Å².